The Labute approximate surface area is 190 Å². The third-order valence-electron chi connectivity index (χ3n) is 5.12. The first-order valence-corrected chi connectivity index (χ1v) is 10.4. The van der Waals surface area contributed by atoms with Crippen LogP contribution >= 0.6 is 11.6 Å². The van der Waals surface area contributed by atoms with Crippen LogP contribution in [-0.2, 0) is 4.79 Å². The Bertz CT molecular complexity index is 1360. The van der Waals surface area contributed by atoms with Crippen LogP contribution < -0.4 is 10.6 Å². The van der Waals surface area contributed by atoms with E-state index in [9.17, 15) is 9.59 Å². The number of aryl methyl sites for hydroxylation is 2. The first kappa shape index (κ1) is 21.5. The molecule has 7 nitrogen and oxygen atoms in total. The molecule has 8 heteroatoms. The van der Waals surface area contributed by atoms with Crippen molar-refractivity contribution in [1.29, 1.82) is 0 Å². The van der Waals surface area contributed by atoms with Crippen molar-refractivity contribution in [2.45, 2.75) is 27.7 Å². The maximum absolute atomic E-state index is 13.2. The number of nitrogens with zero attached hydrogens (tertiary/aromatic N) is 3. The van der Waals surface area contributed by atoms with Crippen molar-refractivity contribution in [3.05, 3.63) is 76.1 Å². The number of anilines is 2. The number of pyridine rings is 1. The lowest BCUT2D eigenvalue weighted by molar-refractivity contribution is -0.114. The van der Waals surface area contributed by atoms with Gasteiger partial charge in [0, 0.05) is 29.0 Å². The van der Waals surface area contributed by atoms with Gasteiger partial charge in [0.05, 0.1) is 22.3 Å². The predicted octanol–water partition coefficient (Wildman–Crippen LogP) is 5.21. The fourth-order valence-corrected chi connectivity index (χ4v) is 3.79. The van der Waals surface area contributed by atoms with Crippen molar-refractivity contribution < 1.29 is 9.59 Å². The third-order valence-corrected chi connectivity index (χ3v) is 5.53. The van der Waals surface area contributed by atoms with Gasteiger partial charge in [-0.2, -0.15) is 5.10 Å². The van der Waals surface area contributed by atoms with Gasteiger partial charge in [-0.1, -0.05) is 17.7 Å². The van der Waals surface area contributed by atoms with Gasteiger partial charge in [-0.3, -0.25) is 9.59 Å². The number of hydrogen-bond acceptors (Lipinski definition) is 4. The molecule has 2 heterocycles. The topological polar surface area (TPSA) is 88.9 Å². The van der Waals surface area contributed by atoms with Crippen molar-refractivity contribution in [3.8, 4) is 5.69 Å². The lowest BCUT2D eigenvalue weighted by Crippen LogP contribution is -2.13. The molecule has 0 aliphatic rings. The van der Waals surface area contributed by atoms with Crippen LogP contribution in [0.2, 0.25) is 5.02 Å². The van der Waals surface area contributed by atoms with Gasteiger partial charge >= 0.3 is 0 Å². The van der Waals surface area contributed by atoms with Crippen molar-refractivity contribution in [2.75, 3.05) is 10.6 Å². The lowest BCUT2D eigenvalue weighted by atomic mass is 10.1. The molecule has 4 aromatic rings. The van der Waals surface area contributed by atoms with E-state index in [1.165, 1.54) is 6.92 Å². The Hall–Kier alpha value is -3.71. The second kappa shape index (κ2) is 8.43. The normalized spacial score (nSPS) is 10.9. The molecule has 0 radical (unpaired) electrons. The average molecular weight is 448 g/mol. The summed E-state index contributed by atoms with van der Waals surface area (Å²) in [5, 5.41) is 11.6. The van der Waals surface area contributed by atoms with E-state index in [1.807, 2.05) is 39.0 Å². The van der Waals surface area contributed by atoms with E-state index in [0.717, 1.165) is 11.3 Å². The summed E-state index contributed by atoms with van der Waals surface area (Å²) >= 11 is 6.32. The van der Waals surface area contributed by atoms with Crippen LogP contribution in [0.4, 0.5) is 11.4 Å². The van der Waals surface area contributed by atoms with Crippen LogP contribution in [0.1, 0.15) is 34.2 Å². The fourth-order valence-electron chi connectivity index (χ4n) is 3.63. The van der Waals surface area contributed by atoms with E-state index in [1.54, 1.807) is 35.0 Å². The molecule has 0 unspecified atom stereocenters. The van der Waals surface area contributed by atoms with Crippen molar-refractivity contribution in [2.24, 2.45) is 0 Å². The Balaban J connectivity index is 1.75. The highest BCUT2D eigenvalue weighted by Crippen LogP contribution is 2.29. The van der Waals surface area contributed by atoms with Gasteiger partial charge in [-0.15, -0.1) is 0 Å². The van der Waals surface area contributed by atoms with Gasteiger partial charge in [0.2, 0.25) is 5.91 Å². The minimum Gasteiger partial charge on any atom is -0.326 e. The molecule has 32 heavy (non-hydrogen) atoms. The Morgan fingerprint density at radius 3 is 2.28 bits per heavy atom. The largest absolute Gasteiger partial charge is 0.326 e. The zero-order valence-electron chi connectivity index (χ0n) is 18.2. The van der Waals surface area contributed by atoms with E-state index < -0.39 is 0 Å². The van der Waals surface area contributed by atoms with Crippen molar-refractivity contribution in [1.82, 2.24) is 14.8 Å². The number of nitrogens with one attached hydrogen (secondary N) is 2. The molecule has 0 saturated heterocycles. The molecule has 0 atom stereocenters. The lowest BCUT2D eigenvalue weighted by Gasteiger charge is -2.10. The molecular formula is C24H22ClN5O2. The molecule has 2 aromatic carbocycles. The first-order valence-electron chi connectivity index (χ1n) is 10.1. The van der Waals surface area contributed by atoms with E-state index in [2.05, 4.69) is 20.7 Å². The van der Waals surface area contributed by atoms with Crippen molar-refractivity contribution in [3.63, 3.8) is 0 Å². The highest BCUT2D eigenvalue weighted by atomic mass is 35.5. The number of carbonyl (C=O) groups is 2. The Kier molecular flexibility index (Phi) is 5.67. The van der Waals surface area contributed by atoms with Crippen LogP contribution in [0.25, 0.3) is 16.7 Å². The molecule has 2 N–H and O–H groups in total. The second-order valence-corrected chi connectivity index (χ2v) is 8.01. The summed E-state index contributed by atoms with van der Waals surface area (Å²) in [6.45, 7) is 7.07. The highest BCUT2D eigenvalue weighted by Gasteiger charge is 2.20. The molecule has 2 amide bonds. The van der Waals surface area contributed by atoms with E-state index in [0.29, 0.717) is 44.4 Å². The van der Waals surface area contributed by atoms with Gasteiger partial charge in [0.1, 0.15) is 0 Å². The number of fused-ring (bicyclic) bond motifs is 1. The number of carbonyl (C=O) groups excluding carboxylic acids is 2. The maximum atomic E-state index is 13.2. The number of benzene rings is 2. The SMILES string of the molecule is CC(=O)Nc1ccc(NC(=O)c2cc(C)nc3c2c(C)nn3-c2cccc(Cl)c2C)cc1. The smallest absolute Gasteiger partial charge is 0.256 e. The Morgan fingerprint density at radius 2 is 1.62 bits per heavy atom. The van der Waals surface area contributed by atoms with Crippen LogP contribution in [-0.4, -0.2) is 26.6 Å². The number of rotatable bonds is 4. The summed E-state index contributed by atoms with van der Waals surface area (Å²) in [6, 6.07) is 14.3. The number of amides is 2. The van der Waals surface area contributed by atoms with E-state index >= 15 is 0 Å². The summed E-state index contributed by atoms with van der Waals surface area (Å²) in [5.41, 5.74) is 5.44. The van der Waals surface area contributed by atoms with Crippen molar-refractivity contribution >= 4 is 45.8 Å². The monoisotopic (exact) mass is 447 g/mol. The Morgan fingerprint density at radius 1 is 0.969 bits per heavy atom. The minimum atomic E-state index is -0.266. The molecular weight excluding hydrogens is 426 g/mol. The van der Waals surface area contributed by atoms with Crippen LogP contribution in [0, 0.1) is 20.8 Å². The zero-order chi connectivity index (χ0) is 23.0. The summed E-state index contributed by atoms with van der Waals surface area (Å²) in [5.74, 6) is -0.419. The van der Waals surface area contributed by atoms with E-state index in [4.69, 9.17) is 11.6 Å². The molecule has 0 bridgehead atoms. The van der Waals surface area contributed by atoms with Crippen LogP contribution in [0.3, 0.4) is 0 Å². The van der Waals surface area contributed by atoms with Gasteiger partial charge in [0.15, 0.2) is 5.65 Å². The average Bonchev–Trinajstić information content (AvgIpc) is 3.06. The zero-order valence-corrected chi connectivity index (χ0v) is 18.9. The second-order valence-electron chi connectivity index (χ2n) is 7.60. The molecule has 4 rings (SSSR count). The number of halogens is 1. The highest BCUT2D eigenvalue weighted by molar-refractivity contribution is 6.31. The standard InChI is InChI=1S/C24H22ClN5O2/c1-13-12-19(24(32)28-18-10-8-17(9-11-18)27-16(4)31)22-15(3)29-30(23(22)26-13)21-7-5-6-20(25)14(21)2/h5-12H,1-4H3,(H,27,31)(H,28,32). The summed E-state index contributed by atoms with van der Waals surface area (Å²) in [6.07, 6.45) is 0. The summed E-state index contributed by atoms with van der Waals surface area (Å²) in [4.78, 5) is 29.1. The molecule has 0 aliphatic carbocycles. The molecule has 2 aromatic heterocycles. The minimum absolute atomic E-state index is 0.154. The number of hydrogen-bond donors (Lipinski definition) is 2. The quantitative estimate of drug-likeness (QED) is 0.449. The molecule has 0 aliphatic heterocycles. The maximum Gasteiger partial charge on any atom is 0.256 e. The van der Waals surface area contributed by atoms with Crippen LogP contribution in [0.15, 0.2) is 48.5 Å². The van der Waals surface area contributed by atoms with Gasteiger partial charge in [0.25, 0.3) is 5.91 Å². The molecule has 162 valence electrons. The fraction of sp³-hybridized carbons (Fsp3) is 0.167. The first-order chi connectivity index (χ1) is 15.2. The van der Waals surface area contributed by atoms with Gasteiger partial charge in [-0.25, -0.2) is 9.67 Å². The number of aromatic nitrogens is 3. The molecule has 0 spiro atoms. The third kappa shape index (κ3) is 4.07. The molecule has 0 fully saturated rings. The van der Waals surface area contributed by atoms with Gasteiger partial charge in [-0.05, 0) is 68.8 Å². The van der Waals surface area contributed by atoms with E-state index in [-0.39, 0.29) is 11.8 Å². The van der Waals surface area contributed by atoms with Gasteiger partial charge < -0.3 is 10.6 Å². The predicted molar refractivity (Wildman–Crippen MR) is 127 cm³/mol. The van der Waals surface area contributed by atoms with Crippen LogP contribution in [0.5, 0.6) is 0 Å². The summed E-state index contributed by atoms with van der Waals surface area (Å²) < 4.78 is 1.73. The molecule has 0 saturated carbocycles. The summed E-state index contributed by atoms with van der Waals surface area (Å²) in [7, 11) is 0.